The number of hydrogen-bond donors (Lipinski definition) is 1. The van der Waals surface area contributed by atoms with Crippen LogP contribution < -0.4 is 14.8 Å². The highest BCUT2D eigenvalue weighted by atomic mass is 16.5. The number of amides is 1. The minimum Gasteiger partial charge on any atom is -0.497 e. The van der Waals surface area contributed by atoms with Crippen LogP contribution in [0.5, 0.6) is 11.5 Å². The molecule has 2 heterocycles. The van der Waals surface area contributed by atoms with Crippen molar-refractivity contribution in [3.8, 4) is 11.5 Å². The Labute approximate surface area is 180 Å². The van der Waals surface area contributed by atoms with Crippen LogP contribution in [0.1, 0.15) is 27.4 Å². The molecule has 0 saturated heterocycles. The standard InChI is InChI=1S/C24H23N3O4/c1-17-5-3-4-6-18(17)14-27-15-19(13-25-27)26-24(28)23-12-11-22(31-23)16-30-21-9-7-20(29-2)8-10-21/h3-13,15H,14,16H2,1-2H3,(H,26,28). The maximum atomic E-state index is 12.5. The first-order chi connectivity index (χ1) is 15.1. The molecule has 0 saturated carbocycles. The summed E-state index contributed by atoms with van der Waals surface area (Å²) in [6, 6.07) is 18.7. The van der Waals surface area contributed by atoms with Gasteiger partial charge in [-0.15, -0.1) is 0 Å². The van der Waals surface area contributed by atoms with Gasteiger partial charge in [-0.05, 0) is 54.4 Å². The van der Waals surface area contributed by atoms with E-state index in [9.17, 15) is 4.79 Å². The van der Waals surface area contributed by atoms with Crippen molar-refractivity contribution in [3.05, 3.63) is 95.7 Å². The predicted molar refractivity (Wildman–Crippen MR) is 116 cm³/mol. The molecule has 0 unspecified atom stereocenters. The molecule has 2 aromatic heterocycles. The number of benzene rings is 2. The molecule has 4 rings (SSSR count). The highest BCUT2D eigenvalue weighted by molar-refractivity contribution is 6.02. The summed E-state index contributed by atoms with van der Waals surface area (Å²) >= 11 is 0. The van der Waals surface area contributed by atoms with Gasteiger partial charge >= 0.3 is 0 Å². The van der Waals surface area contributed by atoms with Crippen LogP contribution >= 0.6 is 0 Å². The topological polar surface area (TPSA) is 78.5 Å². The molecule has 0 aliphatic rings. The number of ether oxygens (including phenoxy) is 2. The van der Waals surface area contributed by atoms with Crippen molar-refractivity contribution in [2.45, 2.75) is 20.1 Å². The van der Waals surface area contributed by atoms with Crippen LogP contribution in [0.2, 0.25) is 0 Å². The van der Waals surface area contributed by atoms with Crippen molar-refractivity contribution in [2.75, 3.05) is 12.4 Å². The summed E-state index contributed by atoms with van der Waals surface area (Å²) in [6.45, 7) is 2.92. The Bertz CT molecular complexity index is 1160. The van der Waals surface area contributed by atoms with E-state index in [-0.39, 0.29) is 18.3 Å². The van der Waals surface area contributed by atoms with Crippen molar-refractivity contribution in [1.29, 1.82) is 0 Å². The highest BCUT2D eigenvalue weighted by Gasteiger charge is 2.13. The molecule has 31 heavy (non-hydrogen) atoms. The lowest BCUT2D eigenvalue weighted by Crippen LogP contribution is -2.10. The first-order valence-corrected chi connectivity index (χ1v) is 9.84. The number of methoxy groups -OCH3 is 1. The van der Waals surface area contributed by atoms with E-state index in [1.807, 2.05) is 36.4 Å². The van der Waals surface area contributed by atoms with Gasteiger partial charge in [-0.3, -0.25) is 9.48 Å². The van der Waals surface area contributed by atoms with E-state index in [0.717, 1.165) is 5.75 Å². The van der Waals surface area contributed by atoms with E-state index >= 15 is 0 Å². The van der Waals surface area contributed by atoms with E-state index in [4.69, 9.17) is 13.9 Å². The first kappa shape index (κ1) is 20.3. The molecule has 2 aromatic carbocycles. The van der Waals surface area contributed by atoms with Gasteiger partial charge in [0.2, 0.25) is 0 Å². The molecule has 7 heteroatoms. The minimum atomic E-state index is -0.342. The van der Waals surface area contributed by atoms with Crippen LogP contribution in [0.15, 0.2) is 77.5 Å². The number of rotatable bonds is 8. The Morgan fingerprint density at radius 3 is 2.61 bits per heavy atom. The highest BCUT2D eigenvalue weighted by Crippen LogP contribution is 2.19. The molecule has 0 aliphatic carbocycles. The van der Waals surface area contributed by atoms with Gasteiger partial charge in [0.1, 0.15) is 23.9 Å². The van der Waals surface area contributed by atoms with Crippen molar-refractivity contribution in [2.24, 2.45) is 0 Å². The molecule has 0 bridgehead atoms. The fourth-order valence-electron chi connectivity index (χ4n) is 3.07. The Morgan fingerprint density at radius 1 is 1.06 bits per heavy atom. The zero-order valence-corrected chi connectivity index (χ0v) is 17.4. The number of nitrogens with one attached hydrogen (secondary N) is 1. The predicted octanol–water partition coefficient (Wildman–Crippen LogP) is 4.67. The van der Waals surface area contributed by atoms with Gasteiger partial charge in [0, 0.05) is 6.20 Å². The lowest BCUT2D eigenvalue weighted by molar-refractivity contribution is 0.0992. The van der Waals surface area contributed by atoms with Crippen molar-refractivity contribution in [3.63, 3.8) is 0 Å². The van der Waals surface area contributed by atoms with Crippen molar-refractivity contribution in [1.82, 2.24) is 9.78 Å². The molecule has 0 radical (unpaired) electrons. The fourth-order valence-corrected chi connectivity index (χ4v) is 3.07. The summed E-state index contributed by atoms with van der Waals surface area (Å²) in [5, 5.41) is 7.13. The minimum absolute atomic E-state index is 0.208. The smallest absolute Gasteiger partial charge is 0.291 e. The summed E-state index contributed by atoms with van der Waals surface area (Å²) in [4.78, 5) is 12.5. The summed E-state index contributed by atoms with van der Waals surface area (Å²) in [5.41, 5.74) is 2.98. The number of nitrogens with zero attached hydrogens (tertiary/aromatic N) is 2. The molecule has 7 nitrogen and oxygen atoms in total. The summed E-state index contributed by atoms with van der Waals surface area (Å²) in [5.74, 6) is 1.86. The second kappa shape index (κ2) is 9.21. The van der Waals surface area contributed by atoms with Crippen LogP contribution in [-0.4, -0.2) is 22.8 Å². The molecule has 4 aromatic rings. The van der Waals surface area contributed by atoms with Gasteiger partial charge in [0.25, 0.3) is 5.91 Å². The summed E-state index contributed by atoms with van der Waals surface area (Å²) < 4.78 is 18.2. The molecule has 1 N–H and O–H groups in total. The molecule has 0 spiro atoms. The van der Waals surface area contributed by atoms with Crippen molar-refractivity contribution >= 4 is 11.6 Å². The Kier molecular flexibility index (Phi) is 6.03. The maximum Gasteiger partial charge on any atom is 0.291 e. The second-order valence-corrected chi connectivity index (χ2v) is 7.04. The summed E-state index contributed by atoms with van der Waals surface area (Å²) in [6.07, 6.45) is 3.41. The Morgan fingerprint density at radius 2 is 1.84 bits per heavy atom. The largest absolute Gasteiger partial charge is 0.497 e. The van der Waals surface area contributed by atoms with E-state index in [1.165, 1.54) is 11.1 Å². The fraction of sp³-hybridized carbons (Fsp3) is 0.167. The van der Waals surface area contributed by atoms with Crippen LogP contribution in [0, 0.1) is 6.92 Å². The molecule has 0 fully saturated rings. The number of carbonyl (C=O) groups excluding carboxylic acids is 1. The average Bonchev–Trinajstić information content (AvgIpc) is 3.44. The van der Waals surface area contributed by atoms with Gasteiger partial charge in [-0.2, -0.15) is 5.10 Å². The van der Waals surface area contributed by atoms with Gasteiger partial charge in [-0.25, -0.2) is 0 Å². The lowest BCUT2D eigenvalue weighted by Gasteiger charge is -2.05. The average molecular weight is 417 g/mol. The number of aryl methyl sites for hydroxylation is 1. The monoisotopic (exact) mass is 417 g/mol. The molecular formula is C24H23N3O4. The van der Waals surface area contributed by atoms with E-state index < -0.39 is 0 Å². The Hall–Kier alpha value is -4.00. The van der Waals surface area contributed by atoms with Gasteiger partial charge in [-0.1, -0.05) is 24.3 Å². The molecular weight excluding hydrogens is 394 g/mol. The zero-order chi connectivity index (χ0) is 21.6. The van der Waals surface area contributed by atoms with Gasteiger partial charge in [0.15, 0.2) is 5.76 Å². The molecule has 0 atom stereocenters. The van der Waals surface area contributed by atoms with Crippen LogP contribution in [0.3, 0.4) is 0 Å². The van der Waals surface area contributed by atoms with E-state index in [2.05, 4.69) is 29.5 Å². The molecule has 0 aliphatic heterocycles. The Balaban J connectivity index is 1.32. The second-order valence-electron chi connectivity index (χ2n) is 7.04. The number of hydrogen-bond acceptors (Lipinski definition) is 5. The van der Waals surface area contributed by atoms with Gasteiger partial charge in [0.05, 0.1) is 25.5 Å². The summed E-state index contributed by atoms with van der Waals surface area (Å²) in [7, 11) is 1.61. The number of anilines is 1. The van der Waals surface area contributed by atoms with E-state index in [1.54, 1.807) is 36.3 Å². The normalized spacial score (nSPS) is 10.6. The molecule has 158 valence electrons. The van der Waals surface area contributed by atoms with Gasteiger partial charge < -0.3 is 19.2 Å². The van der Waals surface area contributed by atoms with Crippen molar-refractivity contribution < 1.29 is 18.7 Å². The van der Waals surface area contributed by atoms with E-state index in [0.29, 0.717) is 23.7 Å². The number of carbonyl (C=O) groups is 1. The maximum absolute atomic E-state index is 12.5. The molecule has 1 amide bonds. The van der Waals surface area contributed by atoms with Crippen LogP contribution in [0.25, 0.3) is 0 Å². The zero-order valence-electron chi connectivity index (χ0n) is 17.4. The number of furan rings is 1. The quantitative estimate of drug-likeness (QED) is 0.451. The third-order valence-electron chi connectivity index (χ3n) is 4.81. The SMILES string of the molecule is COc1ccc(OCc2ccc(C(=O)Nc3cnn(Cc4ccccc4C)c3)o2)cc1. The van der Waals surface area contributed by atoms with Crippen LogP contribution in [-0.2, 0) is 13.2 Å². The third kappa shape index (κ3) is 5.14. The number of aromatic nitrogens is 2. The van der Waals surface area contributed by atoms with Crippen LogP contribution in [0.4, 0.5) is 5.69 Å². The first-order valence-electron chi connectivity index (χ1n) is 9.84. The lowest BCUT2D eigenvalue weighted by atomic mass is 10.1. The third-order valence-corrected chi connectivity index (χ3v) is 4.81.